The summed E-state index contributed by atoms with van der Waals surface area (Å²) in [4.78, 5) is 7.95. The van der Waals surface area contributed by atoms with Gasteiger partial charge in [-0.05, 0) is 19.4 Å². The maximum atomic E-state index is 5.70. The third-order valence-corrected chi connectivity index (χ3v) is 1.49. The number of hydrogen-bond donors (Lipinski definition) is 1. The summed E-state index contributed by atoms with van der Waals surface area (Å²) in [6, 6.07) is 0. The van der Waals surface area contributed by atoms with Crippen LogP contribution in [0.4, 0.5) is 5.69 Å². The Morgan fingerprint density at radius 1 is 1.55 bits per heavy atom. The summed E-state index contributed by atoms with van der Waals surface area (Å²) in [5, 5.41) is 0. The molecular formula is C8H11N3. The molecule has 0 aliphatic rings. The molecule has 0 fully saturated rings. The lowest BCUT2D eigenvalue weighted by Crippen LogP contribution is -2.00. The molecule has 0 amide bonds. The molecule has 1 aromatic rings. The molecular weight excluding hydrogens is 138 g/mol. The first kappa shape index (κ1) is 7.72. The summed E-state index contributed by atoms with van der Waals surface area (Å²) in [7, 11) is 0. The smallest absolute Gasteiger partial charge is 0.116 e. The molecule has 0 saturated carbocycles. The van der Waals surface area contributed by atoms with Crippen LogP contribution in [0.2, 0.25) is 0 Å². The topological polar surface area (TPSA) is 51.8 Å². The summed E-state index contributed by atoms with van der Waals surface area (Å²) >= 11 is 0. The van der Waals surface area contributed by atoms with Crippen LogP contribution in [0, 0.1) is 6.92 Å². The number of rotatable bonds is 1. The SMILES string of the molecule is C=C(C)c1ncnc(C)c1N. The molecule has 11 heavy (non-hydrogen) atoms. The Bertz CT molecular complexity index is 291. The van der Waals surface area contributed by atoms with Gasteiger partial charge in [-0.3, -0.25) is 0 Å². The highest BCUT2D eigenvalue weighted by atomic mass is 14.9. The van der Waals surface area contributed by atoms with Crippen molar-refractivity contribution in [2.24, 2.45) is 0 Å². The minimum Gasteiger partial charge on any atom is -0.395 e. The minimum absolute atomic E-state index is 0.625. The highest BCUT2D eigenvalue weighted by Crippen LogP contribution is 2.17. The van der Waals surface area contributed by atoms with Crippen LogP contribution in [0.25, 0.3) is 5.57 Å². The van der Waals surface area contributed by atoms with E-state index >= 15 is 0 Å². The van der Waals surface area contributed by atoms with Gasteiger partial charge >= 0.3 is 0 Å². The normalized spacial score (nSPS) is 9.64. The molecule has 0 atom stereocenters. The molecule has 3 heteroatoms. The van der Waals surface area contributed by atoms with E-state index in [0.717, 1.165) is 17.0 Å². The molecule has 0 bridgehead atoms. The van der Waals surface area contributed by atoms with Gasteiger partial charge in [0.2, 0.25) is 0 Å². The Balaban J connectivity index is 3.27. The molecule has 1 rings (SSSR count). The first-order valence-corrected chi connectivity index (χ1v) is 3.36. The van der Waals surface area contributed by atoms with E-state index < -0.39 is 0 Å². The monoisotopic (exact) mass is 149 g/mol. The third kappa shape index (κ3) is 1.37. The second kappa shape index (κ2) is 2.70. The van der Waals surface area contributed by atoms with E-state index in [0.29, 0.717) is 5.69 Å². The van der Waals surface area contributed by atoms with Gasteiger partial charge in [0.05, 0.1) is 17.1 Å². The number of aryl methyl sites for hydroxylation is 1. The van der Waals surface area contributed by atoms with E-state index in [-0.39, 0.29) is 0 Å². The zero-order valence-corrected chi connectivity index (χ0v) is 6.76. The predicted molar refractivity (Wildman–Crippen MR) is 45.9 cm³/mol. The fourth-order valence-electron chi connectivity index (χ4n) is 0.824. The van der Waals surface area contributed by atoms with Gasteiger partial charge in [-0.25, -0.2) is 9.97 Å². The van der Waals surface area contributed by atoms with Crippen molar-refractivity contribution in [3.05, 3.63) is 24.3 Å². The number of nitrogen functional groups attached to an aromatic ring is 1. The average molecular weight is 149 g/mol. The largest absolute Gasteiger partial charge is 0.395 e. The zero-order chi connectivity index (χ0) is 8.43. The van der Waals surface area contributed by atoms with Crippen LogP contribution < -0.4 is 5.73 Å². The Morgan fingerprint density at radius 3 is 2.64 bits per heavy atom. The van der Waals surface area contributed by atoms with Crippen LogP contribution in [-0.4, -0.2) is 9.97 Å². The van der Waals surface area contributed by atoms with Gasteiger partial charge in [0.1, 0.15) is 6.33 Å². The molecule has 1 aromatic heterocycles. The van der Waals surface area contributed by atoms with E-state index in [4.69, 9.17) is 5.73 Å². The zero-order valence-electron chi connectivity index (χ0n) is 6.76. The van der Waals surface area contributed by atoms with Crippen LogP contribution in [0.1, 0.15) is 18.3 Å². The van der Waals surface area contributed by atoms with E-state index in [1.165, 1.54) is 6.33 Å². The molecule has 0 aliphatic carbocycles. The van der Waals surface area contributed by atoms with Crippen LogP contribution in [-0.2, 0) is 0 Å². The molecule has 0 aromatic carbocycles. The number of anilines is 1. The first-order valence-electron chi connectivity index (χ1n) is 3.36. The Labute approximate surface area is 66.0 Å². The van der Waals surface area contributed by atoms with Gasteiger partial charge in [0.25, 0.3) is 0 Å². The molecule has 0 radical (unpaired) electrons. The van der Waals surface area contributed by atoms with Gasteiger partial charge in [-0.2, -0.15) is 0 Å². The third-order valence-electron chi connectivity index (χ3n) is 1.49. The van der Waals surface area contributed by atoms with Crippen molar-refractivity contribution < 1.29 is 0 Å². The number of aromatic nitrogens is 2. The fraction of sp³-hybridized carbons (Fsp3) is 0.250. The lowest BCUT2D eigenvalue weighted by Gasteiger charge is -2.04. The van der Waals surface area contributed by atoms with Crippen molar-refractivity contribution in [3.63, 3.8) is 0 Å². The van der Waals surface area contributed by atoms with Gasteiger partial charge in [-0.1, -0.05) is 6.58 Å². The quantitative estimate of drug-likeness (QED) is 0.656. The fourth-order valence-corrected chi connectivity index (χ4v) is 0.824. The summed E-state index contributed by atoms with van der Waals surface area (Å²) in [6.45, 7) is 7.48. The Hall–Kier alpha value is -1.38. The van der Waals surface area contributed by atoms with Crippen molar-refractivity contribution >= 4 is 11.3 Å². The summed E-state index contributed by atoms with van der Waals surface area (Å²) in [6.07, 6.45) is 1.50. The lowest BCUT2D eigenvalue weighted by atomic mass is 10.2. The molecule has 2 N–H and O–H groups in total. The van der Waals surface area contributed by atoms with E-state index in [2.05, 4.69) is 16.5 Å². The van der Waals surface area contributed by atoms with Crippen molar-refractivity contribution in [1.29, 1.82) is 0 Å². The van der Waals surface area contributed by atoms with Crippen LogP contribution in [0.15, 0.2) is 12.9 Å². The Kier molecular flexibility index (Phi) is 1.89. The van der Waals surface area contributed by atoms with E-state index in [1.807, 2.05) is 13.8 Å². The van der Waals surface area contributed by atoms with Gasteiger partial charge < -0.3 is 5.73 Å². The van der Waals surface area contributed by atoms with Crippen molar-refractivity contribution in [1.82, 2.24) is 9.97 Å². The van der Waals surface area contributed by atoms with Crippen molar-refractivity contribution in [3.8, 4) is 0 Å². The molecule has 3 nitrogen and oxygen atoms in total. The maximum absolute atomic E-state index is 5.70. The first-order chi connectivity index (χ1) is 5.13. The predicted octanol–water partition coefficient (Wildman–Crippen LogP) is 1.40. The van der Waals surface area contributed by atoms with Gasteiger partial charge in [0.15, 0.2) is 0 Å². The summed E-state index contributed by atoms with van der Waals surface area (Å²) in [5.41, 5.74) is 8.74. The lowest BCUT2D eigenvalue weighted by molar-refractivity contribution is 1.09. The molecule has 0 aliphatic heterocycles. The highest BCUT2D eigenvalue weighted by Gasteiger charge is 2.03. The molecule has 0 spiro atoms. The molecule has 0 unspecified atom stereocenters. The average Bonchev–Trinajstić information content (AvgIpc) is 1.94. The summed E-state index contributed by atoms with van der Waals surface area (Å²) in [5.74, 6) is 0. The number of nitrogens with zero attached hydrogens (tertiary/aromatic N) is 2. The van der Waals surface area contributed by atoms with Crippen LogP contribution in [0.3, 0.4) is 0 Å². The summed E-state index contributed by atoms with van der Waals surface area (Å²) < 4.78 is 0. The Morgan fingerprint density at radius 2 is 2.18 bits per heavy atom. The van der Waals surface area contributed by atoms with Crippen molar-refractivity contribution in [2.75, 3.05) is 5.73 Å². The van der Waals surface area contributed by atoms with Gasteiger partial charge in [0, 0.05) is 0 Å². The number of allylic oxidation sites excluding steroid dienone is 1. The van der Waals surface area contributed by atoms with Gasteiger partial charge in [-0.15, -0.1) is 0 Å². The standard InChI is InChI=1S/C8H11N3/c1-5(2)8-7(9)6(3)10-4-11-8/h4H,1,9H2,2-3H3. The minimum atomic E-state index is 0.625. The van der Waals surface area contributed by atoms with E-state index in [1.54, 1.807) is 0 Å². The number of nitrogens with two attached hydrogens (primary N) is 1. The second-order valence-electron chi connectivity index (χ2n) is 2.50. The maximum Gasteiger partial charge on any atom is 0.116 e. The highest BCUT2D eigenvalue weighted by molar-refractivity contribution is 5.69. The number of hydrogen-bond acceptors (Lipinski definition) is 3. The van der Waals surface area contributed by atoms with Crippen LogP contribution >= 0.6 is 0 Å². The van der Waals surface area contributed by atoms with Crippen LogP contribution in [0.5, 0.6) is 0 Å². The molecule has 1 heterocycles. The van der Waals surface area contributed by atoms with E-state index in [9.17, 15) is 0 Å². The molecule has 0 saturated heterocycles. The second-order valence-corrected chi connectivity index (χ2v) is 2.50. The molecule has 58 valence electrons. The van der Waals surface area contributed by atoms with Crippen molar-refractivity contribution in [2.45, 2.75) is 13.8 Å².